The van der Waals surface area contributed by atoms with Crippen molar-refractivity contribution >= 4 is 11.9 Å². The average molecular weight is 309 g/mol. The Kier molecular flexibility index (Phi) is 5.00. The van der Waals surface area contributed by atoms with Crippen molar-refractivity contribution < 1.29 is 23.8 Å². The van der Waals surface area contributed by atoms with E-state index in [2.05, 4.69) is 0 Å². The molecule has 1 aromatic rings. The Morgan fingerprint density at radius 2 is 2.23 bits per heavy atom. The number of ether oxygens (including phenoxy) is 1. The molecule has 22 heavy (non-hydrogen) atoms. The first-order valence-electron chi connectivity index (χ1n) is 7.30. The summed E-state index contributed by atoms with van der Waals surface area (Å²) >= 11 is 0. The maximum atomic E-state index is 13.0. The molecule has 1 aliphatic heterocycles. The van der Waals surface area contributed by atoms with Crippen molar-refractivity contribution in [2.45, 2.75) is 26.2 Å². The molecule has 6 heteroatoms. The molecule has 0 saturated carbocycles. The third kappa shape index (κ3) is 3.96. The summed E-state index contributed by atoms with van der Waals surface area (Å²) in [7, 11) is 0. The van der Waals surface area contributed by atoms with Gasteiger partial charge in [-0.05, 0) is 31.9 Å². The summed E-state index contributed by atoms with van der Waals surface area (Å²) in [5, 5.41) is 9.15. The minimum absolute atomic E-state index is 0.0622. The van der Waals surface area contributed by atoms with Crippen molar-refractivity contribution in [2.24, 2.45) is 5.41 Å². The normalized spacial score (nSPS) is 20.9. The zero-order chi connectivity index (χ0) is 16.2. The molecule has 1 atom stereocenters. The molecule has 5 nitrogen and oxygen atoms in total. The summed E-state index contributed by atoms with van der Waals surface area (Å²) in [6, 6.07) is 5.85. The molecule has 1 aromatic carbocycles. The van der Waals surface area contributed by atoms with Crippen LogP contribution in [0.2, 0.25) is 0 Å². The highest BCUT2D eigenvalue weighted by Crippen LogP contribution is 2.30. The van der Waals surface area contributed by atoms with Gasteiger partial charge in [0.25, 0.3) is 0 Å². The lowest BCUT2D eigenvalue weighted by Crippen LogP contribution is -2.34. The number of halogens is 1. The second kappa shape index (κ2) is 6.77. The van der Waals surface area contributed by atoms with Crippen LogP contribution in [-0.2, 0) is 9.59 Å². The highest BCUT2D eigenvalue weighted by Gasteiger charge is 2.41. The second-order valence-electron chi connectivity index (χ2n) is 5.84. The molecule has 0 radical (unpaired) electrons. The van der Waals surface area contributed by atoms with Crippen LogP contribution < -0.4 is 4.74 Å². The molecular weight excluding hydrogens is 289 g/mol. The van der Waals surface area contributed by atoms with E-state index < -0.39 is 11.4 Å². The molecular formula is C16H20FNO4. The fraction of sp³-hybridized carbons (Fsp3) is 0.500. The summed E-state index contributed by atoms with van der Waals surface area (Å²) in [5.74, 6) is -0.851. The minimum Gasteiger partial charge on any atom is -0.493 e. The van der Waals surface area contributed by atoms with Gasteiger partial charge in [0.05, 0.1) is 12.0 Å². The summed E-state index contributed by atoms with van der Waals surface area (Å²) in [6.07, 6.45) is 1.29. The first-order valence-corrected chi connectivity index (χ1v) is 7.30. The van der Waals surface area contributed by atoms with Crippen LogP contribution >= 0.6 is 0 Å². The number of likely N-dealkylation sites (tertiary alicyclic amines) is 1. The molecule has 2 rings (SSSR count). The average Bonchev–Trinajstić information content (AvgIpc) is 2.88. The van der Waals surface area contributed by atoms with Gasteiger partial charge < -0.3 is 14.7 Å². The van der Waals surface area contributed by atoms with Gasteiger partial charge in [0.15, 0.2) is 0 Å². The van der Waals surface area contributed by atoms with Gasteiger partial charge in [-0.1, -0.05) is 6.07 Å². The molecule has 0 unspecified atom stereocenters. The van der Waals surface area contributed by atoms with Crippen LogP contribution in [0.1, 0.15) is 26.2 Å². The van der Waals surface area contributed by atoms with Crippen LogP contribution in [0.15, 0.2) is 24.3 Å². The number of amides is 1. The third-order valence-electron chi connectivity index (χ3n) is 3.94. The largest absolute Gasteiger partial charge is 0.493 e. The molecule has 120 valence electrons. The number of hydrogen-bond acceptors (Lipinski definition) is 3. The van der Waals surface area contributed by atoms with Crippen molar-refractivity contribution in [3.63, 3.8) is 0 Å². The quantitative estimate of drug-likeness (QED) is 0.819. The number of nitrogens with zero attached hydrogens (tertiary/aromatic N) is 1. The van der Waals surface area contributed by atoms with Crippen molar-refractivity contribution in [1.29, 1.82) is 0 Å². The van der Waals surface area contributed by atoms with E-state index in [0.717, 1.165) is 0 Å². The number of carboxylic acids is 1. The molecule has 0 bridgehead atoms. The van der Waals surface area contributed by atoms with E-state index in [4.69, 9.17) is 9.84 Å². The summed E-state index contributed by atoms with van der Waals surface area (Å²) in [6.45, 7) is 2.72. The lowest BCUT2D eigenvalue weighted by atomic mass is 9.90. The Morgan fingerprint density at radius 1 is 1.45 bits per heavy atom. The smallest absolute Gasteiger partial charge is 0.311 e. The predicted octanol–water partition coefficient (Wildman–Crippen LogP) is 2.31. The number of hydrogen-bond donors (Lipinski definition) is 1. The van der Waals surface area contributed by atoms with Crippen LogP contribution in [0.25, 0.3) is 0 Å². The van der Waals surface area contributed by atoms with Crippen LogP contribution in [0.5, 0.6) is 5.75 Å². The summed E-state index contributed by atoms with van der Waals surface area (Å²) in [5.41, 5.74) is -0.840. The van der Waals surface area contributed by atoms with E-state index in [9.17, 15) is 14.0 Å². The standard InChI is InChI=1S/C16H20FNO4/c1-16(15(20)21)7-8-18(11-16)14(19)6-3-9-22-13-5-2-4-12(17)10-13/h2,4-5,10H,3,6-9,11H2,1H3,(H,20,21)/t16-/m0/s1. The second-order valence-corrected chi connectivity index (χ2v) is 5.84. The van der Waals surface area contributed by atoms with Gasteiger partial charge in [0.2, 0.25) is 5.91 Å². The lowest BCUT2D eigenvalue weighted by molar-refractivity contribution is -0.147. The molecule has 1 saturated heterocycles. The van der Waals surface area contributed by atoms with Gasteiger partial charge in [0.1, 0.15) is 11.6 Å². The Balaban J connectivity index is 1.71. The molecule has 1 heterocycles. The SMILES string of the molecule is C[C@]1(C(=O)O)CCN(C(=O)CCCOc2cccc(F)c2)C1. The van der Waals surface area contributed by atoms with E-state index in [0.29, 0.717) is 38.2 Å². The first kappa shape index (κ1) is 16.3. The first-order chi connectivity index (χ1) is 10.4. The lowest BCUT2D eigenvalue weighted by Gasteiger charge is -2.20. The fourth-order valence-corrected chi connectivity index (χ4v) is 2.48. The van der Waals surface area contributed by atoms with E-state index in [1.54, 1.807) is 24.0 Å². The van der Waals surface area contributed by atoms with Crippen LogP contribution in [-0.4, -0.2) is 41.6 Å². The Labute approximate surface area is 128 Å². The number of carbonyl (C=O) groups excluding carboxylic acids is 1. The van der Waals surface area contributed by atoms with Crippen molar-refractivity contribution in [3.8, 4) is 5.75 Å². The van der Waals surface area contributed by atoms with Crippen LogP contribution in [0.4, 0.5) is 4.39 Å². The molecule has 0 spiro atoms. The Bertz CT molecular complexity index is 563. The molecule has 1 N–H and O–H groups in total. The summed E-state index contributed by atoms with van der Waals surface area (Å²) in [4.78, 5) is 24.8. The van der Waals surface area contributed by atoms with E-state index in [1.807, 2.05) is 0 Å². The highest BCUT2D eigenvalue weighted by molar-refractivity contribution is 5.80. The van der Waals surface area contributed by atoms with Gasteiger partial charge in [0, 0.05) is 25.6 Å². The molecule has 0 aliphatic carbocycles. The van der Waals surface area contributed by atoms with Gasteiger partial charge in [-0.2, -0.15) is 0 Å². The summed E-state index contributed by atoms with van der Waals surface area (Å²) < 4.78 is 18.3. The number of aliphatic carboxylic acids is 1. The number of benzene rings is 1. The molecule has 1 fully saturated rings. The highest BCUT2D eigenvalue weighted by atomic mass is 19.1. The zero-order valence-corrected chi connectivity index (χ0v) is 12.5. The monoisotopic (exact) mass is 309 g/mol. The van der Waals surface area contributed by atoms with Gasteiger partial charge in [-0.3, -0.25) is 9.59 Å². The fourth-order valence-electron chi connectivity index (χ4n) is 2.48. The van der Waals surface area contributed by atoms with E-state index in [1.165, 1.54) is 12.1 Å². The van der Waals surface area contributed by atoms with Crippen molar-refractivity contribution in [1.82, 2.24) is 4.90 Å². The third-order valence-corrected chi connectivity index (χ3v) is 3.94. The van der Waals surface area contributed by atoms with Crippen LogP contribution in [0.3, 0.4) is 0 Å². The number of carboxylic acid groups (broad SMARTS) is 1. The van der Waals surface area contributed by atoms with Gasteiger partial charge in [-0.25, -0.2) is 4.39 Å². The molecule has 1 amide bonds. The number of carbonyl (C=O) groups is 2. The topological polar surface area (TPSA) is 66.8 Å². The van der Waals surface area contributed by atoms with Gasteiger partial charge in [-0.15, -0.1) is 0 Å². The van der Waals surface area contributed by atoms with Crippen LogP contribution in [0, 0.1) is 11.2 Å². The maximum Gasteiger partial charge on any atom is 0.311 e. The zero-order valence-electron chi connectivity index (χ0n) is 12.5. The Morgan fingerprint density at radius 3 is 2.86 bits per heavy atom. The molecule has 1 aliphatic rings. The van der Waals surface area contributed by atoms with Crippen molar-refractivity contribution in [2.75, 3.05) is 19.7 Å². The molecule has 0 aromatic heterocycles. The van der Waals surface area contributed by atoms with Gasteiger partial charge >= 0.3 is 5.97 Å². The number of rotatable bonds is 6. The maximum absolute atomic E-state index is 13.0. The minimum atomic E-state index is -0.864. The van der Waals surface area contributed by atoms with E-state index >= 15 is 0 Å². The van der Waals surface area contributed by atoms with E-state index in [-0.39, 0.29) is 18.3 Å². The predicted molar refractivity (Wildman–Crippen MR) is 78.1 cm³/mol. The Hall–Kier alpha value is -2.11. The van der Waals surface area contributed by atoms with Crippen molar-refractivity contribution in [3.05, 3.63) is 30.1 Å².